The summed E-state index contributed by atoms with van der Waals surface area (Å²) >= 11 is 1.79. The number of hydrogen-bond donors (Lipinski definition) is 3. The lowest BCUT2D eigenvalue weighted by Gasteiger charge is -2.19. The monoisotopic (exact) mass is 261 g/mol. The van der Waals surface area contributed by atoms with Crippen LogP contribution in [0.4, 0.5) is 0 Å². The van der Waals surface area contributed by atoms with Crippen LogP contribution in [0.3, 0.4) is 0 Å². The van der Waals surface area contributed by atoms with Crippen LogP contribution in [0.25, 0.3) is 0 Å². The first kappa shape index (κ1) is 14.6. The second-order valence-corrected chi connectivity index (χ2v) is 5.25. The zero-order valence-electron chi connectivity index (χ0n) is 10.7. The van der Waals surface area contributed by atoms with E-state index in [0.717, 1.165) is 37.0 Å². The van der Waals surface area contributed by atoms with E-state index in [4.69, 9.17) is 4.74 Å². The summed E-state index contributed by atoms with van der Waals surface area (Å²) in [5.41, 5.74) is -0.617. The first-order valence-electron chi connectivity index (χ1n) is 6.01. The lowest BCUT2D eigenvalue weighted by molar-refractivity contribution is 0.0778. The van der Waals surface area contributed by atoms with Gasteiger partial charge in [0, 0.05) is 26.0 Å². The molecule has 1 aliphatic heterocycles. The molecule has 0 saturated carbocycles. The van der Waals surface area contributed by atoms with Gasteiger partial charge < -0.3 is 20.5 Å². The molecule has 6 heteroatoms. The van der Waals surface area contributed by atoms with Crippen LogP contribution in [0.1, 0.15) is 13.3 Å². The summed E-state index contributed by atoms with van der Waals surface area (Å²) in [5, 5.41) is 16.5. The summed E-state index contributed by atoms with van der Waals surface area (Å²) in [6.45, 7) is 4.65. The minimum Gasteiger partial charge on any atom is -0.387 e. The Labute approximate surface area is 107 Å². The van der Waals surface area contributed by atoms with E-state index in [2.05, 4.69) is 15.6 Å². The zero-order chi connectivity index (χ0) is 12.6. The number of ether oxygens (including phenoxy) is 1. The van der Waals surface area contributed by atoms with Crippen molar-refractivity contribution in [2.24, 2.45) is 4.99 Å². The third-order valence-electron chi connectivity index (χ3n) is 2.56. The maximum absolute atomic E-state index is 10.2. The number of thioether (sulfide) groups is 1. The molecule has 5 nitrogen and oxygen atoms in total. The number of guanidine groups is 1. The second-order valence-electron chi connectivity index (χ2n) is 4.14. The van der Waals surface area contributed by atoms with Crippen LogP contribution < -0.4 is 10.6 Å². The molecule has 0 aromatic rings. The highest BCUT2D eigenvalue weighted by Gasteiger charge is 2.31. The third-order valence-corrected chi connectivity index (χ3v) is 3.79. The van der Waals surface area contributed by atoms with Crippen molar-refractivity contribution < 1.29 is 9.84 Å². The van der Waals surface area contributed by atoms with Crippen molar-refractivity contribution in [1.29, 1.82) is 0 Å². The van der Waals surface area contributed by atoms with E-state index >= 15 is 0 Å². The predicted molar refractivity (Wildman–Crippen MR) is 72.7 cm³/mol. The van der Waals surface area contributed by atoms with E-state index in [1.807, 2.05) is 6.92 Å². The normalized spacial score (nSPS) is 25.0. The van der Waals surface area contributed by atoms with Gasteiger partial charge in [-0.25, -0.2) is 0 Å². The van der Waals surface area contributed by atoms with Gasteiger partial charge in [-0.1, -0.05) is 0 Å². The zero-order valence-corrected chi connectivity index (χ0v) is 11.5. The van der Waals surface area contributed by atoms with Crippen molar-refractivity contribution in [3.8, 4) is 0 Å². The standard InChI is InChI=1S/C11H23N3O2S/c1-3-12-10(13-5-6-16-2)14-8-11(15)4-7-17-9-11/h15H,3-9H2,1-2H3,(H2,12,13,14). The van der Waals surface area contributed by atoms with E-state index in [1.54, 1.807) is 18.9 Å². The lowest BCUT2D eigenvalue weighted by atomic mass is 10.1. The van der Waals surface area contributed by atoms with Crippen molar-refractivity contribution in [1.82, 2.24) is 10.6 Å². The summed E-state index contributed by atoms with van der Waals surface area (Å²) < 4.78 is 4.97. The molecule has 1 heterocycles. The van der Waals surface area contributed by atoms with Crippen LogP contribution in [0.5, 0.6) is 0 Å². The number of aliphatic imine (C=N–C) groups is 1. The summed E-state index contributed by atoms with van der Waals surface area (Å²) in [6.07, 6.45) is 0.832. The Balaban J connectivity index is 2.38. The van der Waals surface area contributed by atoms with Gasteiger partial charge in [-0.3, -0.25) is 4.99 Å². The topological polar surface area (TPSA) is 65.9 Å². The molecular weight excluding hydrogens is 238 g/mol. The van der Waals surface area contributed by atoms with Gasteiger partial charge in [0.2, 0.25) is 0 Å². The first-order chi connectivity index (χ1) is 8.20. The number of nitrogens with zero attached hydrogens (tertiary/aromatic N) is 1. The van der Waals surface area contributed by atoms with Crippen LogP contribution in [0, 0.1) is 0 Å². The van der Waals surface area contributed by atoms with Crippen LogP contribution in [-0.4, -0.2) is 61.5 Å². The van der Waals surface area contributed by atoms with E-state index in [0.29, 0.717) is 13.2 Å². The van der Waals surface area contributed by atoms with E-state index in [9.17, 15) is 5.11 Å². The van der Waals surface area contributed by atoms with Gasteiger partial charge in [-0.15, -0.1) is 0 Å². The van der Waals surface area contributed by atoms with Crippen LogP contribution in [0.2, 0.25) is 0 Å². The molecule has 1 rings (SSSR count). The van der Waals surface area contributed by atoms with Gasteiger partial charge in [0.05, 0.1) is 18.8 Å². The minimum absolute atomic E-state index is 0.461. The van der Waals surface area contributed by atoms with Crippen LogP contribution in [-0.2, 0) is 4.74 Å². The maximum Gasteiger partial charge on any atom is 0.191 e. The molecule has 17 heavy (non-hydrogen) atoms. The Morgan fingerprint density at radius 2 is 2.35 bits per heavy atom. The molecule has 1 saturated heterocycles. The fourth-order valence-electron chi connectivity index (χ4n) is 1.56. The number of hydrogen-bond acceptors (Lipinski definition) is 4. The molecule has 0 aliphatic carbocycles. The molecule has 0 bridgehead atoms. The molecule has 1 unspecified atom stereocenters. The van der Waals surface area contributed by atoms with Crippen molar-refractivity contribution in [2.75, 3.05) is 44.9 Å². The Hall–Kier alpha value is -0.460. The van der Waals surface area contributed by atoms with Gasteiger partial charge >= 0.3 is 0 Å². The molecule has 1 atom stereocenters. The average Bonchev–Trinajstić information content (AvgIpc) is 2.74. The number of nitrogens with one attached hydrogen (secondary N) is 2. The molecule has 1 fully saturated rings. The Morgan fingerprint density at radius 1 is 1.53 bits per heavy atom. The van der Waals surface area contributed by atoms with Crippen molar-refractivity contribution >= 4 is 17.7 Å². The number of rotatable bonds is 6. The van der Waals surface area contributed by atoms with Gasteiger partial charge in [0.15, 0.2) is 5.96 Å². The van der Waals surface area contributed by atoms with Crippen LogP contribution >= 0.6 is 11.8 Å². The molecular formula is C11H23N3O2S. The highest BCUT2D eigenvalue weighted by atomic mass is 32.2. The van der Waals surface area contributed by atoms with E-state index in [-0.39, 0.29) is 0 Å². The quantitative estimate of drug-likeness (QED) is 0.358. The summed E-state index contributed by atoms with van der Waals surface area (Å²) in [6, 6.07) is 0. The van der Waals surface area contributed by atoms with Gasteiger partial charge in [-0.05, 0) is 19.1 Å². The minimum atomic E-state index is -0.617. The molecule has 0 aromatic carbocycles. The maximum atomic E-state index is 10.2. The number of methoxy groups -OCH3 is 1. The number of aliphatic hydroxyl groups is 1. The molecule has 3 N–H and O–H groups in total. The van der Waals surface area contributed by atoms with Gasteiger partial charge in [0.1, 0.15) is 0 Å². The Morgan fingerprint density at radius 3 is 2.94 bits per heavy atom. The smallest absolute Gasteiger partial charge is 0.191 e. The van der Waals surface area contributed by atoms with E-state index in [1.165, 1.54) is 0 Å². The molecule has 0 spiro atoms. The fourth-order valence-corrected chi connectivity index (χ4v) is 2.84. The fraction of sp³-hybridized carbons (Fsp3) is 0.909. The molecule has 100 valence electrons. The highest BCUT2D eigenvalue weighted by Crippen LogP contribution is 2.27. The molecule has 0 aromatic heterocycles. The first-order valence-corrected chi connectivity index (χ1v) is 7.17. The van der Waals surface area contributed by atoms with Crippen LogP contribution in [0.15, 0.2) is 4.99 Å². The Kier molecular flexibility index (Phi) is 6.69. The molecule has 0 amide bonds. The van der Waals surface area contributed by atoms with E-state index < -0.39 is 5.60 Å². The summed E-state index contributed by atoms with van der Waals surface area (Å²) in [5.74, 6) is 2.56. The van der Waals surface area contributed by atoms with Crippen molar-refractivity contribution in [3.63, 3.8) is 0 Å². The lowest BCUT2D eigenvalue weighted by Crippen LogP contribution is -2.41. The average molecular weight is 261 g/mol. The summed E-state index contributed by atoms with van der Waals surface area (Å²) in [7, 11) is 1.67. The highest BCUT2D eigenvalue weighted by molar-refractivity contribution is 7.99. The SMILES string of the molecule is CCNC(=NCC1(O)CCSC1)NCCOC. The largest absolute Gasteiger partial charge is 0.387 e. The summed E-state index contributed by atoms with van der Waals surface area (Å²) in [4.78, 5) is 4.41. The molecule has 1 aliphatic rings. The predicted octanol–water partition coefficient (Wildman–Crippen LogP) is 0.0559. The Bertz CT molecular complexity index is 243. The molecule has 0 radical (unpaired) electrons. The van der Waals surface area contributed by atoms with Crippen molar-refractivity contribution in [3.05, 3.63) is 0 Å². The second kappa shape index (κ2) is 7.79. The van der Waals surface area contributed by atoms with Gasteiger partial charge in [-0.2, -0.15) is 11.8 Å². The van der Waals surface area contributed by atoms with Crippen molar-refractivity contribution in [2.45, 2.75) is 18.9 Å². The third kappa shape index (κ3) is 5.61. The van der Waals surface area contributed by atoms with Gasteiger partial charge in [0.25, 0.3) is 0 Å².